The monoisotopic (exact) mass is 262 g/mol. The summed E-state index contributed by atoms with van der Waals surface area (Å²) < 4.78 is 0. The molecule has 1 aromatic rings. The molecular formula is C15H22N2S. The normalized spacial score (nSPS) is 23.7. The van der Waals surface area contributed by atoms with E-state index in [0.717, 1.165) is 11.5 Å². The number of nitrogens with one attached hydrogen (secondary N) is 1. The van der Waals surface area contributed by atoms with Crippen LogP contribution in [0.25, 0.3) is 0 Å². The van der Waals surface area contributed by atoms with E-state index in [9.17, 15) is 0 Å². The van der Waals surface area contributed by atoms with Crippen molar-refractivity contribution in [2.45, 2.75) is 45.6 Å². The lowest BCUT2D eigenvalue weighted by atomic mass is 9.87. The zero-order valence-corrected chi connectivity index (χ0v) is 12.0. The number of rotatable bonds is 3. The minimum Gasteiger partial charge on any atom is -0.389 e. The Kier molecular flexibility index (Phi) is 4.23. The lowest BCUT2D eigenvalue weighted by Crippen LogP contribution is -2.26. The van der Waals surface area contributed by atoms with E-state index in [0.29, 0.717) is 11.0 Å². The Hall–Kier alpha value is -1.09. The molecule has 0 amide bonds. The Labute approximate surface area is 115 Å². The van der Waals surface area contributed by atoms with E-state index in [1.807, 2.05) is 6.07 Å². The molecule has 0 saturated heterocycles. The van der Waals surface area contributed by atoms with Gasteiger partial charge in [-0.1, -0.05) is 32.0 Å². The summed E-state index contributed by atoms with van der Waals surface area (Å²) >= 11 is 5.00. The molecule has 2 rings (SSSR count). The van der Waals surface area contributed by atoms with Gasteiger partial charge in [-0.15, -0.1) is 0 Å². The van der Waals surface area contributed by atoms with Crippen molar-refractivity contribution in [2.24, 2.45) is 11.7 Å². The van der Waals surface area contributed by atoms with Crippen LogP contribution >= 0.6 is 12.2 Å². The van der Waals surface area contributed by atoms with Crippen molar-refractivity contribution in [3.05, 3.63) is 29.3 Å². The van der Waals surface area contributed by atoms with Gasteiger partial charge in [-0.05, 0) is 49.4 Å². The van der Waals surface area contributed by atoms with Crippen molar-refractivity contribution >= 4 is 22.9 Å². The van der Waals surface area contributed by atoms with Crippen LogP contribution in [0.5, 0.6) is 0 Å². The van der Waals surface area contributed by atoms with Crippen LogP contribution in [0.4, 0.5) is 5.69 Å². The molecule has 2 atom stereocenters. The fraction of sp³-hybridized carbons (Fsp3) is 0.533. The highest BCUT2D eigenvalue weighted by atomic mass is 32.1. The zero-order valence-electron chi connectivity index (χ0n) is 11.2. The van der Waals surface area contributed by atoms with Crippen LogP contribution in [0.1, 0.15) is 43.7 Å². The lowest BCUT2D eigenvalue weighted by Gasteiger charge is -2.29. The molecule has 0 spiro atoms. The fourth-order valence-corrected chi connectivity index (χ4v) is 2.89. The van der Waals surface area contributed by atoms with E-state index in [2.05, 4.69) is 31.3 Å². The summed E-state index contributed by atoms with van der Waals surface area (Å²) in [7, 11) is 0. The smallest absolute Gasteiger partial charge is 0.103 e. The topological polar surface area (TPSA) is 38.0 Å². The summed E-state index contributed by atoms with van der Waals surface area (Å²) in [5.74, 6) is 0.840. The Morgan fingerprint density at radius 3 is 2.78 bits per heavy atom. The van der Waals surface area contributed by atoms with E-state index < -0.39 is 0 Å². The number of aryl methyl sites for hydroxylation is 1. The van der Waals surface area contributed by atoms with E-state index in [4.69, 9.17) is 18.0 Å². The summed E-state index contributed by atoms with van der Waals surface area (Å²) in [5.41, 5.74) is 9.03. The van der Waals surface area contributed by atoms with Gasteiger partial charge in [-0.25, -0.2) is 0 Å². The van der Waals surface area contributed by atoms with Gasteiger partial charge in [0.1, 0.15) is 4.99 Å². The first-order chi connectivity index (χ1) is 8.56. The van der Waals surface area contributed by atoms with Crippen LogP contribution in [0.3, 0.4) is 0 Å². The maximum atomic E-state index is 5.65. The van der Waals surface area contributed by atoms with Crippen molar-refractivity contribution in [1.82, 2.24) is 0 Å². The van der Waals surface area contributed by atoms with Crippen LogP contribution in [-0.2, 0) is 0 Å². The van der Waals surface area contributed by atoms with Crippen LogP contribution < -0.4 is 11.1 Å². The van der Waals surface area contributed by atoms with Crippen molar-refractivity contribution in [2.75, 3.05) is 5.32 Å². The van der Waals surface area contributed by atoms with Crippen molar-refractivity contribution in [1.29, 1.82) is 0 Å². The first-order valence-electron chi connectivity index (χ1n) is 6.73. The van der Waals surface area contributed by atoms with Crippen LogP contribution in [0.2, 0.25) is 0 Å². The van der Waals surface area contributed by atoms with Crippen molar-refractivity contribution < 1.29 is 0 Å². The van der Waals surface area contributed by atoms with Crippen LogP contribution in [0, 0.1) is 12.8 Å². The predicted octanol–water partition coefficient (Wildman–Crippen LogP) is 3.62. The summed E-state index contributed by atoms with van der Waals surface area (Å²) in [6, 6.07) is 6.78. The molecule has 1 aliphatic carbocycles. The second-order valence-electron chi connectivity index (χ2n) is 5.51. The number of hydrogen-bond donors (Lipinski definition) is 2. The van der Waals surface area contributed by atoms with E-state index >= 15 is 0 Å². The molecule has 98 valence electrons. The van der Waals surface area contributed by atoms with Crippen molar-refractivity contribution in [3.8, 4) is 0 Å². The maximum Gasteiger partial charge on any atom is 0.103 e. The third-order valence-corrected chi connectivity index (χ3v) is 4.04. The minimum absolute atomic E-state index is 0.468. The highest BCUT2D eigenvalue weighted by molar-refractivity contribution is 7.80. The lowest BCUT2D eigenvalue weighted by molar-refractivity contribution is 0.358. The molecule has 2 nitrogen and oxygen atoms in total. The maximum absolute atomic E-state index is 5.65. The molecule has 0 bridgehead atoms. The number of thiocarbonyl (C=S) groups is 1. The van der Waals surface area contributed by atoms with Gasteiger partial charge in [0.25, 0.3) is 0 Å². The fourth-order valence-electron chi connectivity index (χ4n) is 2.76. The number of anilines is 1. The Bertz CT molecular complexity index is 442. The van der Waals surface area contributed by atoms with Gasteiger partial charge in [0, 0.05) is 17.3 Å². The predicted molar refractivity (Wildman–Crippen MR) is 82.1 cm³/mol. The molecule has 3 N–H and O–H groups in total. The highest BCUT2D eigenvalue weighted by Gasteiger charge is 2.18. The molecule has 0 heterocycles. The van der Waals surface area contributed by atoms with Gasteiger partial charge >= 0.3 is 0 Å². The zero-order chi connectivity index (χ0) is 13.1. The molecule has 1 aromatic carbocycles. The standard InChI is InChI=1S/C15H22N2S/c1-10-4-3-5-13(8-10)17-14-7-6-12(15(16)18)9-11(14)2/h6-7,9-10,13,17H,3-5,8H2,1-2H3,(H2,16,18). The first-order valence-corrected chi connectivity index (χ1v) is 7.14. The largest absolute Gasteiger partial charge is 0.389 e. The average molecular weight is 262 g/mol. The molecule has 18 heavy (non-hydrogen) atoms. The molecule has 0 aliphatic heterocycles. The molecular weight excluding hydrogens is 240 g/mol. The average Bonchev–Trinajstić information content (AvgIpc) is 2.31. The Morgan fingerprint density at radius 2 is 2.17 bits per heavy atom. The van der Waals surface area contributed by atoms with E-state index in [1.54, 1.807) is 0 Å². The number of nitrogens with two attached hydrogens (primary N) is 1. The summed E-state index contributed by atoms with van der Waals surface area (Å²) in [5, 5.41) is 3.66. The van der Waals surface area contributed by atoms with Gasteiger partial charge in [0.15, 0.2) is 0 Å². The second-order valence-corrected chi connectivity index (χ2v) is 5.95. The molecule has 1 saturated carbocycles. The Morgan fingerprint density at radius 1 is 1.39 bits per heavy atom. The van der Waals surface area contributed by atoms with Crippen LogP contribution in [-0.4, -0.2) is 11.0 Å². The minimum atomic E-state index is 0.468. The van der Waals surface area contributed by atoms with Crippen molar-refractivity contribution in [3.63, 3.8) is 0 Å². The van der Waals surface area contributed by atoms with E-state index in [-0.39, 0.29) is 0 Å². The van der Waals surface area contributed by atoms with Gasteiger partial charge in [-0.2, -0.15) is 0 Å². The SMILES string of the molecule is Cc1cc(C(N)=S)ccc1NC1CCCC(C)C1. The molecule has 1 fully saturated rings. The number of hydrogen-bond acceptors (Lipinski definition) is 2. The van der Waals surface area contributed by atoms with Gasteiger partial charge in [-0.3, -0.25) is 0 Å². The summed E-state index contributed by atoms with van der Waals surface area (Å²) in [6.07, 6.45) is 5.26. The number of benzene rings is 1. The van der Waals surface area contributed by atoms with Gasteiger partial charge in [0.2, 0.25) is 0 Å². The molecule has 3 heteroatoms. The Balaban J connectivity index is 2.07. The van der Waals surface area contributed by atoms with Gasteiger partial charge < -0.3 is 11.1 Å². The molecule has 0 aromatic heterocycles. The molecule has 1 aliphatic rings. The highest BCUT2D eigenvalue weighted by Crippen LogP contribution is 2.27. The molecule has 0 radical (unpaired) electrons. The van der Waals surface area contributed by atoms with E-state index in [1.165, 1.54) is 36.9 Å². The quantitative estimate of drug-likeness (QED) is 0.817. The van der Waals surface area contributed by atoms with Gasteiger partial charge in [0.05, 0.1) is 0 Å². The second kappa shape index (κ2) is 5.70. The third-order valence-electron chi connectivity index (χ3n) is 3.81. The first kappa shape index (κ1) is 13.3. The van der Waals surface area contributed by atoms with Crippen LogP contribution in [0.15, 0.2) is 18.2 Å². The summed E-state index contributed by atoms with van der Waals surface area (Å²) in [6.45, 7) is 4.45. The molecule has 2 unspecified atom stereocenters. The summed E-state index contributed by atoms with van der Waals surface area (Å²) in [4.78, 5) is 0.468. The third kappa shape index (κ3) is 3.22.